The third-order valence-electron chi connectivity index (χ3n) is 3.61. The fraction of sp³-hybridized carbons (Fsp3) is 0.600. The Morgan fingerprint density at radius 2 is 2.11 bits per heavy atom. The van der Waals surface area contributed by atoms with E-state index in [0.29, 0.717) is 0 Å². The predicted molar refractivity (Wildman–Crippen MR) is 83.6 cm³/mol. The molecular weight excluding hydrogens is 304 g/mol. The Kier molecular flexibility index (Phi) is 5.67. The summed E-state index contributed by atoms with van der Waals surface area (Å²) in [5, 5.41) is 13.0. The maximum Gasteiger partial charge on any atom is 0.0574 e. The van der Waals surface area contributed by atoms with Crippen LogP contribution in [-0.4, -0.2) is 30.8 Å². The van der Waals surface area contributed by atoms with E-state index in [0.717, 1.165) is 45.4 Å². The fourth-order valence-corrected chi connectivity index (χ4v) is 2.91. The van der Waals surface area contributed by atoms with Gasteiger partial charge in [0.15, 0.2) is 0 Å². The molecule has 1 aliphatic rings. The molecule has 0 bridgehead atoms. The number of aliphatic hydroxyl groups excluding tert-OH is 1. The van der Waals surface area contributed by atoms with E-state index in [9.17, 15) is 5.11 Å². The van der Waals surface area contributed by atoms with E-state index in [4.69, 9.17) is 0 Å². The first-order chi connectivity index (χ1) is 9.20. The van der Waals surface area contributed by atoms with Crippen LogP contribution in [0.15, 0.2) is 22.7 Å². The van der Waals surface area contributed by atoms with E-state index >= 15 is 0 Å². The number of hydrogen-bond acceptors (Lipinski definition) is 3. The Labute approximate surface area is 124 Å². The van der Waals surface area contributed by atoms with Crippen LogP contribution in [0.4, 0.5) is 5.69 Å². The van der Waals surface area contributed by atoms with Gasteiger partial charge in [-0.25, -0.2) is 0 Å². The number of anilines is 1. The normalized spacial score (nSPS) is 16.9. The Hall–Kier alpha value is -0.580. The minimum absolute atomic E-state index is 0.114. The Bertz CT molecular complexity index is 403. The SMILES string of the molecule is CCCNCc1ccc(N2CCC(O)CC2)cc1Br. The van der Waals surface area contributed by atoms with Gasteiger partial charge in [0.1, 0.15) is 0 Å². The highest BCUT2D eigenvalue weighted by atomic mass is 79.9. The molecule has 1 heterocycles. The van der Waals surface area contributed by atoms with E-state index < -0.39 is 0 Å². The molecule has 1 aliphatic heterocycles. The maximum absolute atomic E-state index is 9.55. The zero-order chi connectivity index (χ0) is 13.7. The van der Waals surface area contributed by atoms with E-state index in [1.165, 1.54) is 15.7 Å². The van der Waals surface area contributed by atoms with Gasteiger partial charge in [-0.1, -0.05) is 28.9 Å². The highest BCUT2D eigenvalue weighted by molar-refractivity contribution is 9.10. The molecule has 0 aromatic heterocycles. The van der Waals surface area contributed by atoms with Crippen molar-refractivity contribution in [2.24, 2.45) is 0 Å². The summed E-state index contributed by atoms with van der Waals surface area (Å²) in [6.07, 6.45) is 2.79. The van der Waals surface area contributed by atoms with E-state index in [-0.39, 0.29) is 6.10 Å². The van der Waals surface area contributed by atoms with Gasteiger partial charge in [-0.3, -0.25) is 0 Å². The second kappa shape index (κ2) is 7.27. The van der Waals surface area contributed by atoms with E-state index in [2.05, 4.69) is 51.3 Å². The first-order valence-corrected chi connectivity index (χ1v) is 7.92. The van der Waals surface area contributed by atoms with Crippen LogP contribution in [0.2, 0.25) is 0 Å². The molecule has 2 N–H and O–H groups in total. The molecule has 0 saturated carbocycles. The summed E-state index contributed by atoms with van der Waals surface area (Å²) in [6, 6.07) is 6.57. The number of benzene rings is 1. The van der Waals surface area contributed by atoms with Crippen molar-refractivity contribution < 1.29 is 5.11 Å². The van der Waals surface area contributed by atoms with Gasteiger partial charge in [0.05, 0.1) is 6.10 Å². The minimum Gasteiger partial charge on any atom is -0.393 e. The number of piperidine rings is 1. The second-order valence-corrected chi connectivity index (χ2v) is 6.03. The summed E-state index contributed by atoms with van der Waals surface area (Å²) in [5.74, 6) is 0. The first-order valence-electron chi connectivity index (χ1n) is 7.13. The molecule has 3 nitrogen and oxygen atoms in total. The van der Waals surface area contributed by atoms with Crippen molar-refractivity contribution in [3.8, 4) is 0 Å². The summed E-state index contributed by atoms with van der Waals surface area (Å²) in [6.45, 7) is 6.03. The van der Waals surface area contributed by atoms with Gasteiger partial charge < -0.3 is 15.3 Å². The molecule has 106 valence electrons. The van der Waals surface area contributed by atoms with Gasteiger partial charge in [-0.15, -0.1) is 0 Å². The Morgan fingerprint density at radius 1 is 1.37 bits per heavy atom. The summed E-state index contributed by atoms with van der Waals surface area (Å²) < 4.78 is 1.17. The van der Waals surface area contributed by atoms with Gasteiger partial charge in [0, 0.05) is 29.8 Å². The molecule has 1 saturated heterocycles. The maximum atomic E-state index is 9.55. The van der Waals surface area contributed by atoms with Gasteiger partial charge in [-0.05, 0) is 43.5 Å². The third kappa shape index (κ3) is 4.20. The number of halogens is 1. The summed E-state index contributed by atoms with van der Waals surface area (Å²) >= 11 is 3.66. The molecule has 1 aromatic carbocycles. The average Bonchev–Trinajstić information content (AvgIpc) is 2.42. The number of nitrogens with one attached hydrogen (secondary N) is 1. The number of aliphatic hydroxyl groups is 1. The molecule has 0 radical (unpaired) electrons. The predicted octanol–water partition coefficient (Wildman–Crippen LogP) is 2.91. The zero-order valence-electron chi connectivity index (χ0n) is 11.5. The minimum atomic E-state index is -0.114. The summed E-state index contributed by atoms with van der Waals surface area (Å²) in [7, 11) is 0. The topological polar surface area (TPSA) is 35.5 Å². The molecule has 19 heavy (non-hydrogen) atoms. The Balaban J connectivity index is 1.98. The Morgan fingerprint density at radius 3 is 2.74 bits per heavy atom. The molecule has 0 unspecified atom stereocenters. The molecule has 0 amide bonds. The molecule has 0 atom stereocenters. The molecule has 2 rings (SSSR count). The van der Waals surface area contributed by atoms with Crippen molar-refractivity contribution in [2.45, 2.75) is 38.8 Å². The molecule has 4 heteroatoms. The lowest BCUT2D eigenvalue weighted by atomic mass is 10.1. The van der Waals surface area contributed by atoms with E-state index in [1.54, 1.807) is 0 Å². The standard InChI is InChI=1S/C15H23BrN2O/c1-2-7-17-11-12-3-4-13(10-15(12)16)18-8-5-14(19)6-9-18/h3-4,10,14,17,19H,2,5-9,11H2,1H3. The summed E-state index contributed by atoms with van der Waals surface area (Å²) in [5.41, 5.74) is 2.55. The van der Waals surface area contributed by atoms with E-state index in [1.807, 2.05) is 0 Å². The molecule has 0 spiro atoms. The number of hydrogen-bond donors (Lipinski definition) is 2. The van der Waals surface area contributed by atoms with Crippen LogP contribution in [0, 0.1) is 0 Å². The molecule has 0 aliphatic carbocycles. The van der Waals surface area contributed by atoms with Crippen molar-refractivity contribution in [2.75, 3.05) is 24.5 Å². The van der Waals surface area contributed by atoms with Crippen LogP contribution >= 0.6 is 15.9 Å². The average molecular weight is 327 g/mol. The lowest BCUT2D eigenvalue weighted by Crippen LogP contribution is -2.35. The zero-order valence-corrected chi connectivity index (χ0v) is 13.1. The van der Waals surface area contributed by atoms with Crippen LogP contribution < -0.4 is 10.2 Å². The van der Waals surface area contributed by atoms with Crippen molar-refractivity contribution in [1.29, 1.82) is 0 Å². The quantitative estimate of drug-likeness (QED) is 0.817. The highest BCUT2D eigenvalue weighted by Crippen LogP contribution is 2.26. The van der Waals surface area contributed by atoms with Gasteiger partial charge in [0.25, 0.3) is 0 Å². The smallest absolute Gasteiger partial charge is 0.0574 e. The molecule has 1 aromatic rings. The van der Waals surface area contributed by atoms with Crippen molar-refractivity contribution in [3.05, 3.63) is 28.2 Å². The number of nitrogens with zero attached hydrogens (tertiary/aromatic N) is 1. The van der Waals surface area contributed by atoms with Crippen molar-refractivity contribution in [1.82, 2.24) is 5.32 Å². The third-order valence-corrected chi connectivity index (χ3v) is 4.35. The van der Waals surface area contributed by atoms with Crippen LogP contribution in [0.25, 0.3) is 0 Å². The number of rotatable bonds is 5. The molecular formula is C15H23BrN2O. The fourth-order valence-electron chi connectivity index (χ4n) is 2.40. The largest absolute Gasteiger partial charge is 0.393 e. The van der Waals surface area contributed by atoms with Gasteiger partial charge in [-0.2, -0.15) is 0 Å². The van der Waals surface area contributed by atoms with Crippen LogP contribution in [0.5, 0.6) is 0 Å². The van der Waals surface area contributed by atoms with Crippen LogP contribution in [0.1, 0.15) is 31.7 Å². The second-order valence-electron chi connectivity index (χ2n) is 5.17. The van der Waals surface area contributed by atoms with Crippen LogP contribution in [0.3, 0.4) is 0 Å². The van der Waals surface area contributed by atoms with Crippen LogP contribution in [-0.2, 0) is 6.54 Å². The van der Waals surface area contributed by atoms with Gasteiger partial charge >= 0.3 is 0 Å². The summed E-state index contributed by atoms with van der Waals surface area (Å²) in [4.78, 5) is 2.35. The van der Waals surface area contributed by atoms with Crippen molar-refractivity contribution in [3.63, 3.8) is 0 Å². The first kappa shape index (κ1) is 14.8. The lowest BCUT2D eigenvalue weighted by Gasteiger charge is -2.31. The van der Waals surface area contributed by atoms with Crippen molar-refractivity contribution >= 4 is 21.6 Å². The monoisotopic (exact) mass is 326 g/mol. The van der Waals surface area contributed by atoms with Gasteiger partial charge in [0.2, 0.25) is 0 Å². The highest BCUT2D eigenvalue weighted by Gasteiger charge is 2.17. The lowest BCUT2D eigenvalue weighted by molar-refractivity contribution is 0.145. The molecule has 1 fully saturated rings.